The molecule has 25 heavy (non-hydrogen) atoms. The first-order valence-electron chi connectivity index (χ1n) is 8.18. The minimum Gasteiger partial charge on any atom is -0.393 e. The van der Waals surface area contributed by atoms with E-state index >= 15 is 0 Å². The summed E-state index contributed by atoms with van der Waals surface area (Å²) >= 11 is 0. The number of rotatable bonds is 2. The summed E-state index contributed by atoms with van der Waals surface area (Å²) in [5.41, 5.74) is -0.962. The number of carbonyl (C=O) groups is 2. The number of cyclic esters (lactones) is 2. The smallest absolute Gasteiger partial charge is 0.393 e. The summed E-state index contributed by atoms with van der Waals surface area (Å²) in [6.07, 6.45) is -4.43. The van der Waals surface area contributed by atoms with E-state index in [1.165, 1.54) is 6.07 Å². The Bertz CT molecular complexity index is 681. The van der Waals surface area contributed by atoms with Gasteiger partial charge >= 0.3 is 18.1 Å². The first-order chi connectivity index (χ1) is 11.2. The van der Waals surface area contributed by atoms with E-state index in [4.69, 9.17) is 0 Å². The van der Waals surface area contributed by atoms with Gasteiger partial charge in [-0.25, -0.2) is 0 Å². The zero-order chi connectivity index (χ0) is 19.2. The van der Waals surface area contributed by atoms with Crippen molar-refractivity contribution in [2.24, 2.45) is 0 Å². The number of carbonyl (C=O) groups excluding carboxylic acids is 2. The third-order valence-electron chi connectivity index (χ3n) is 4.78. The molecular weight excluding hydrogens is 333 g/mol. The largest absolute Gasteiger partial charge is 0.397 e. The van der Waals surface area contributed by atoms with Crippen molar-refractivity contribution in [1.82, 2.24) is 0 Å². The van der Waals surface area contributed by atoms with Crippen LogP contribution in [0.2, 0.25) is 0 Å². The molecule has 6 heteroatoms. The van der Waals surface area contributed by atoms with Gasteiger partial charge in [-0.15, -0.1) is 0 Å². The van der Waals surface area contributed by atoms with Crippen molar-refractivity contribution < 1.29 is 27.5 Å². The maximum Gasteiger partial charge on any atom is 0.397 e. The van der Waals surface area contributed by atoms with Crippen LogP contribution in [0.3, 0.4) is 0 Å². The minimum absolute atomic E-state index is 0.00871. The molecular formula is C19H23F3O3. The van der Waals surface area contributed by atoms with Gasteiger partial charge in [0.15, 0.2) is 0 Å². The molecule has 1 saturated heterocycles. The van der Waals surface area contributed by atoms with Crippen molar-refractivity contribution in [2.45, 2.75) is 70.4 Å². The number of benzene rings is 1. The van der Waals surface area contributed by atoms with Crippen molar-refractivity contribution in [3.8, 4) is 0 Å². The Hall–Kier alpha value is -1.85. The lowest BCUT2D eigenvalue weighted by molar-refractivity contribution is -0.180. The summed E-state index contributed by atoms with van der Waals surface area (Å²) in [4.78, 5) is 23.1. The van der Waals surface area contributed by atoms with Crippen LogP contribution in [0.5, 0.6) is 0 Å². The van der Waals surface area contributed by atoms with Crippen LogP contribution in [-0.2, 0) is 25.2 Å². The first-order valence-corrected chi connectivity index (χ1v) is 8.18. The lowest BCUT2D eigenvalue weighted by Gasteiger charge is -2.32. The number of esters is 2. The summed E-state index contributed by atoms with van der Waals surface area (Å²) in [6, 6.07) is 4.84. The SMILES string of the molecule is CC(C)(C)c1cc(C2CC(=O)OC(=O)C2)cc(C(C)(C)C(F)(F)F)c1. The third-order valence-corrected chi connectivity index (χ3v) is 4.78. The molecule has 0 amide bonds. The van der Waals surface area contributed by atoms with Gasteiger partial charge in [0.05, 0.1) is 18.3 Å². The summed E-state index contributed by atoms with van der Waals surface area (Å²) < 4.78 is 45.1. The second-order valence-electron chi connectivity index (χ2n) is 8.17. The number of halogens is 3. The lowest BCUT2D eigenvalue weighted by atomic mass is 9.76. The van der Waals surface area contributed by atoms with Crippen LogP contribution in [0.15, 0.2) is 18.2 Å². The maximum absolute atomic E-state index is 13.5. The van der Waals surface area contributed by atoms with Gasteiger partial charge in [0.25, 0.3) is 0 Å². The Kier molecular flexibility index (Phi) is 4.79. The van der Waals surface area contributed by atoms with Crippen LogP contribution < -0.4 is 0 Å². The van der Waals surface area contributed by atoms with E-state index in [1.807, 2.05) is 20.8 Å². The van der Waals surface area contributed by atoms with Crippen LogP contribution in [0, 0.1) is 0 Å². The molecule has 1 fully saturated rings. The molecule has 1 aromatic rings. The van der Waals surface area contributed by atoms with Crippen molar-refractivity contribution in [3.63, 3.8) is 0 Å². The Morgan fingerprint density at radius 2 is 1.36 bits per heavy atom. The van der Waals surface area contributed by atoms with E-state index in [9.17, 15) is 22.8 Å². The monoisotopic (exact) mass is 356 g/mol. The summed E-state index contributed by atoms with van der Waals surface area (Å²) in [7, 11) is 0. The molecule has 1 aliphatic rings. The molecule has 0 saturated carbocycles. The zero-order valence-corrected chi connectivity index (χ0v) is 15.1. The maximum atomic E-state index is 13.5. The summed E-state index contributed by atoms with van der Waals surface area (Å²) in [5.74, 6) is -1.74. The normalized spacial score (nSPS) is 17.6. The average molecular weight is 356 g/mol. The Balaban J connectivity index is 2.59. The van der Waals surface area contributed by atoms with E-state index in [0.717, 1.165) is 19.4 Å². The number of hydrogen-bond donors (Lipinski definition) is 0. The highest BCUT2D eigenvalue weighted by Gasteiger charge is 2.49. The van der Waals surface area contributed by atoms with Crippen LogP contribution >= 0.6 is 0 Å². The summed E-state index contributed by atoms with van der Waals surface area (Å²) in [6.45, 7) is 8.02. The number of hydrogen-bond acceptors (Lipinski definition) is 3. The molecule has 0 unspecified atom stereocenters. The molecule has 1 aliphatic heterocycles. The molecule has 0 bridgehead atoms. The third kappa shape index (κ3) is 4.05. The molecule has 0 spiro atoms. The minimum atomic E-state index is -4.41. The quantitative estimate of drug-likeness (QED) is 0.566. The Morgan fingerprint density at radius 3 is 1.80 bits per heavy atom. The number of ether oxygens (including phenoxy) is 1. The molecule has 0 N–H and O–H groups in total. The van der Waals surface area contributed by atoms with E-state index < -0.39 is 29.4 Å². The highest BCUT2D eigenvalue weighted by molar-refractivity contribution is 5.89. The molecule has 0 radical (unpaired) electrons. The second kappa shape index (κ2) is 6.15. The average Bonchev–Trinajstić information content (AvgIpc) is 2.43. The van der Waals surface area contributed by atoms with Gasteiger partial charge in [0, 0.05) is 5.92 Å². The highest BCUT2D eigenvalue weighted by Crippen LogP contribution is 2.43. The van der Waals surface area contributed by atoms with Gasteiger partial charge in [-0.1, -0.05) is 39.0 Å². The van der Waals surface area contributed by atoms with E-state index in [1.54, 1.807) is 12.1 Å². The molecule has 3 nitrogen and oxygen atoms in total. The predicted molar refractivity (Wildman–Crippen MR) is 87.3 cm³/mol. The van der Waals surface area contributed by atoms with Gasteiger partial charge in [-0.2, -0.15) is 13.2 Å². The van der Waals surface area contributed by atoms with Gasteiger partial charge in [0.1, 0.15) is 0 Å². The van der Waals surface area contributed by atoms with Crippen molar-refractivity contribution in [2.75, 3.05) is 0 Å². The van der Waals surface area contributed by atoms with Crippen molar-refractivity contribution >= 4 is 11.9 Å². The van der Waals surface area contributed by atoms with Crippen LogP contribution in [0.25, 0.3) is 0 Å². The van der Waals surface area contributed by atoms with Gasteiger partial charge in [-0.05, 0) is 36.0 Å². The summed E-state index contributed by atoms with van der Waals surface area (Å²) in [5, 5.41) is 0. The van der Waals surface area contributed by atoms with E-state index in [2.05, 4.69) is 4.74 Å². The second-order valence-corrected chi connectivity index (χ2v) is 8.17. The molecule has 1 heterocycles. The molecule has 2 rings (SSSR count). The fourth-order valence-electron chi connectivity index (χ4n) is 2.77. The van der Waals surface area contributed by atoms with Crippen LogP contribution in [0.4, 0.5) is 13.2 Å². The lowest BCUT2D eigenvalue weighted by Crippen LogP contribution is -2.37. The van der Waals surface area contributed by atoms with Gasteiger partial charge in [0.2, 0.25) is 0 Å². The Morgan fingerprint density at radius 1 is 0.880 bits per heavy atom. The molecule has 0 atom stereocenters. The highest BCUT2D eigenvalue weighted by atomic mass is 19.4. The molecule has 0 aliphatic carbocycles. The zero-order valence-electron chi connectivity index (χ0n) is 15.1. The van der Waals surface area contributed by atoms with E-state index in [-0.39, 0.29) is 23.8 Å². The predicted octanol–water partition coefficient (Wildman–Crippen LogP) is 4.77. The van der Waals surface area contributed by atoms with Crippen molar-refractivity contribution in [1.29, 1.82) is 0 Å². The van der Waals surface area contributed by atoms with Crippen LogP contribution in [0.1, 0.15) is 70.1 Å². The molecule has 138 valence electrons. The molecule has 0 aromatic heterocycles. The topological polar surface area (TPSA) is 43.4 Å². The standard InChI is InChI=1S/C19H23F3O3/c1-17(2,3)13-6-11(12-8-15(23)25-16(24)9-12)7-14(10-13)18(4,5)19(20,21)22/h6-7,10,12H,8-9H2,1-5H3. The fourth-order valence-corrected chi connectivity index (χ4v) is 2.77. The Labute approximate surface area is 145 Å². The van der Waals surface area contributed by atoms with Crippen LogP contribution in [-0.4, -0.2) is 18.1 Å². The van der Waals surface area contributed by atoms with Crippen molar-refractivity contribution in [3.05, 3.63) is 34.9 Å². The van der Waals surface area contributed by atoms with Gasteiger partial charge in [-0.3, -0.25) is 9.59 Å². The number of alkyl halides is 3. The van der Waals surface area contributed by atoms with E-state index in [0.29, 0.717) is 5.56 Å². The van der Waals surface area contributed by atoms with Gasteiger partial charge < -0.3 is 4.74 Å². The first kappa shape index (κ1) is 19.5. The molecule has 1 aromatic carbocycles. The fraction of sp³-hybridized carbons (Fsp3) is 0.579.